The smallest absolute Gasteiger partial charge is 0.234 e. The molecule has 0 aliphatic heterocycles. The lowest BCUT2D eigenvalue weighted by Gasteiger charge is -2.15. The molecule has 0 radical (unpaired) electrons. The number of nitrogens with one attached hydrogen (secondary N) is 2. The molecule has 0 bridgehead atoms. The van der Waals surface area contributed by atoms with E-state index in [0.29, 0.717) is 6.54 Å². The molecule has 0 saturated heterocycles. The van der Waals surface area contributed by atoms with Crippen LogP contribution in [0.15, 0.2) is 0 Å². The van der Waals surface area contributed by atoms with E-state index in [1.807, 2.05) is 6.92 Å². The second-order valence-electron chi connectivity index (χ2n) is 3.95. The van der Waals surface area contributed by atoms with Crippen LogP contribution < -0.4 is 10.6 Å². The van der Waals surface area contributed by atoms with Crippen molar-refractivity contribution >= 4 is 5.91 Å². The Morgan fingerprint density at radius 1 is 1.40 bits per heavy atom. The molecule has 0 fully saturated rings. The van der Waals surface area contributed by atoms with Crippen LogP contribution in [0.2, 0.25) is 0 Å². The summed E-state index contributed by atoms with van der Waals surface area (Å²) in [5.74, 6) is 0.0866. The average molecular weight is 215 g/mol. The molecular formula is C11H25N3O. The van der Waals surface area contributed by atoms with E-state index in [1.54, 1.807) is 0 Å². The van der Waals surface area contributed by atoms with Gasteiger partial charge >= 0.3 is 0 Å². The quantitative estimate of drug-likeness (QED) is 0.578. The Labute approximate surface area is 93.4 Å². The molecule has 1 amide bonds. The summed E-state index contributed by atoms with van der Waals surface area (Å²) < 4.78 is 0. The first kappa shape index (κ1) is 14.4. The fourth-order valence-corrected chi connectivity index (χ4v) is 1.06. The summed E-state index contributed by atoms with van der Waals surface area (Å²) in [6, 6.07) is 0.276. The van der Waals surface area contributed by atoms with Crippen LogP contribution in [-0.4, -0.2) is 50.1 Å². The molecule has 0 aromatic heterocycles. The zero-order valence-corrected chi connectivity index (χ0v) is 10.5. The van der Waals surface area contributed by atoms with E-state index >= 15 is 0 Å². The van der Waals surface area contributed by atoms with Crippen LogP contribution in [-0.2, 0) is 4.79 Å². The van der Waals surface area contributed by atoms with E-state index in [2.05, 4.69) is 36.4 Å². The summed E-state index contributed by atoms with van der Waals surface area (Å²) in [4.78, 5) is 13.5. The van der Waals surface area contributed by atoms with Crippen LogP contribution in [0.5, 0.6) is 0 Å². The molecular weight excluding hydrogens is 190 g/mol. The average Bonchev–Trinajstić information content (AvgIpc) is 2.23. The third kappa shape index (κ3) is 8.39. The van der Waals surface area contributed by atoms with Crippen molar-refractivity contribution in [2.24, 2.45) is 0 Å². The molecule has 0 rings (SSSR count). The molecule has 1 unspecified atom stereocenters. The van der Waals surface area contributed by atoms with E-state index < -0.39 is 0 Å². The van der Waals surface area contributed by atoms with Crippen LogP contribution in [0.1, 0.15) is 27.2 Å². The Morgan fingerprint density at radius 3 is 2.60 bits per heavy atom. The van der Waals surface area contributed by atoms with E-state index in [-0.39, 0.29) is 11.9 Å². The van der Waals surface area contributed by atoms with Gasteiger partial charge in [-0.25, -0.2) is 0 Å². The fourth-order valence-electron chi connectivity index (χ4n) is 1.06. The zero-order valence-electron chi connectivity index (χ0n) is 10.5. The highest BCUT2D eigenvalue weighted by Gasteiger charge is 2.04. The minimum atomic E-state index is 0.0866. The summed E-state index contributed by atoms with van der Waals surface area (Å²) in [7, 11) is 2.07. The first-order chi connectivity index (χ1) is 7.10. The Morgan fingerprint density at radius 2 is 2.07 bits per heavy atom. The third-order valence-corrected chi connectivity index (χ3v) is 2.52. The molecule has 1 atom stereocenters. The number of nitrogens with zero attached hydrogens (tertiary/aromatic N) is 1. The molecule has 0 heterocycles. The van der Waals surface area contributed by atoms with Crippen LogP contribution >= 0.6 is 0 Å². The maximum Gasteiger partial charge on any atom is 0.234 e. The molecule has 0 aliphatic rings. The minimum Gasteiger partial charge on any atom is -0.353 e. The molecule has 2 N–H and O–H groups in total. The van der Waals surface area contributed by atoms with Gasteiger partial charge in [0.2, 0.25) is 5.91 Å². The van der Waals surface area contributed by atoms with Gasteiger partial charge in [0.05, 0.1) is 6.54 Å². The zero-order chi connectivity index (χ0) is 11.7. The van der Waals surface area contributed by atoms with Gasteiger partial charge in [-0.1, -0.05) is 13.8 Å². The number of amides is 1. The molecule has 0 aromatic rings. The summed E-state index contributed by atoms with van der Waals surface area (Å²) in [5.41, 5.74) is 0. The molecule has 15 heavy (non-hydrogen) atoms. The van der Waals surface area contributed by atoms with Gasteiger partial charge in [-0.05, 0) is 26.9 Å². The third-order valence-electron chi connectivity index (χ3n) is 2.52. The lowest BCUT2D eigenvalue weighted by Crippen LogP contribution is -2.40. The van der Waals surface area contributed by atoms with Crippen molar-refractivity contribution in [3.8, 4) is 0 Å². The molecule has 0 aromatic carbocycles. The van der Waals surface area contributed by atoms with E-state index in [1.165, 1.54) is 0 Å². The van der Waals surface area contributed by atoms with Gasteiger partial charge in [-0.2, -0.15) is 0 Å². The van der Waals surface area contributed by atoms with Gasteiger partial charge in [0.1, 0.15) is 0 Å². The first-order valence-electron chi connectivity index (χ1n) is 5.78. The van der Waals surface area contributed by atoms with Crippen LogP contribution in [0.25, 0.3) is 0 Å². The number of hydrogen-bond acceptors (Lipinski definition) is 3. The first-order valence-corrected chi connectivity index (χ1v) is 5.78. The van der Waals surface area contributed by atoms with Crippen molar-refractivity contribution in [2.45, 2.75) is 33.2 Å². The van der Waals surface area contributed by atoms with Crippen LogP contribution in [0.4, 0.5) is 0 Å². The normalized spacial score (nSPS) is 12.9. The number of carbonyl (C=O) groups is 1. The fraction of sp³-hybridized carbons (Fsp3) is 0.909. The summed E-state index contributed by atoms with van der Waals surface area (Å²) in [6.45, 7) is 9.50. The van der Waals surface area contributed by atoms with Crippen molar-refractivity contribution in [1.29, 1.82) is 0 Å². The highest BCUT2D eigenvalue weighted by atomic mass is 16.1. The number of hydrogen-bond donors (Lipinski definition) is 2. The van der Waals surface area contributed by atoms with Crippen molar-refractivity contribution < 1.29 is 4.79 Å². The summed E-state index contributed by atoms with van der Waals surface area (Å²) in [5, 5.41) is 6.04. The number of carbonyl (C=O) groups excluding carboxylic acids is 1. The highest BCUT2D eigenvalue weighted by molar-refractivity contribution is 5.78. The lowest BCUT2D eigenvalue weighted by molar-refractivity contribution is -0.120. The Balaban J connectivity index is 3.39. The monoisotopic (exact) mass is 215 g/mol. The Hall–Kier alpha value is -0.610. The van der Waals surface area contributed by atoms with Gasteiger partial charge in [0.15, 0.2) is 0 Å². The second-order valence-corrected chi connectivity index (χ2v) is 3.95. The molecule has 4 nitrogen and oxygen atoms in total. The predicted octanol–water partition coefficient (Wildman–Crippen LogP) is 0.442. The van der Waals surface area contributed by atoms with Crippen molar-refractivity contribution in [2.75, 3.05) is 33.2 Å². The van der Waals surface area contributed by atoms with E-state index in [0.717, 1.165) is 26.1 Å². The van der Waals surface area contributed by atoms with Gasteiger partial charge < -0.3 is 15.5 Å². The van der Waals surface area contributed by atoms with E-state index in [4.69, 9.17) is 0 Å². The topological polar surface area (TPSA) is 44.4 Å². The maximum absolute atomic E-state index is 11.3. The van der Waals surface area contributed by atoms with Crippen molar-refractivity contribution in [3.05, 3.63) is 0 Å². The standard InChI is InChI=1S/C11H25N3O/c1-5-10(3)13-11(15)9-12-7-8-14(4)6-2/h10,12H,5-9H2,1-4H3,(H,13,15). The minimum absolute atomic E-state index is 0.0866. The summed E-state index contributed by atoms with van der Waals surface area (Å²) >= 11 is 0. The van der Waals surface area contributed by atoms with Crippen molar-refractivity contribution in [3.63, 3.8) is 0 Å². The van der Waals surface area contributed by atoms with Gasteiger partial charge in [-0.15, -0.1) is 0 Å². The molecule has 90 valence electrons. The lowest BCUT2D eigenvalue weighted by atomic mass is 10.2. The molecule has 0 saturated carbocycles. The SMILES string of the molecule is CCC(C)NC(=O)CNCCN(C)CC. The number of likely N-dealkylation sites (N-methyl/N-ethyl adjacent to an activating group) is 1. The van der Waals surface area contributed by atoms with Gasteiger partial charge in [0, 0.05) is 19.1 Å². The maximum atomic E-state index is 11.3. The molecule has 0 spiro atoms. The number of rotatable bonds is 8. The Kier molecular flexibility index (Phi) is 8.33. The predicted molar refractivity (Wildman–Crippen MR) is 63.9 cm³/mol. The van der Waals surface area contributed by atoms with Gasteiger partial charge in [0.25, 0.3) is 0 Å². The molecule has 4 heteroatoms. The van der Waals surface area contributed by atoms with Crippen LogP contribution in [0.3, 0.4) is 0 Å². The highest BCUT2D eigenvalue weighted by Crippen LogP contribution is 1.86. The van der Waals surface area contributed by atoms with Crippen molar-refractivity contribution in [1.82, 2.24) is 15.5 Å². The summed E-state index contributed by atoms with van der Waals surface area (Å²) in [6.07, 6.45) is 0.977. The largest absolute Gasteiger partial charge is 0.353 e. The Bertz CT molecular complexity index is 173. The van der Waals surface area contributed by atoms with Crippen LogP contribution in [0, 0.1) is 0 Å². The van der Waals surface area contributed by atoms with E-state index in [9.17, 15) is 4.79 Å². The molecule has 0 aliphatic carbocycles. The second kappa shape index (κ2) is 8.68. The van der Waals surface area contributed by atoms with Gasteiger partial charge in [-0.3, -0.25) is 4.79 Å².